The lowest BCUT2D eigenvalue weighted by Gasteiger charge is -2.16. The Bertz CT molecular complexity index is 877. The number of nitrogens with zero attached hydrogens (tertiary/aromatic N) is 1. The zero-order chi connectivity index (χ0) is 22.1. The van der Waals surface area contributed by atoms with Gasteiger partial charge in [0.1, 0.15) is 17.2 Å². The van der Waals surface area contributed by atoms with Gasteiger partial charge >= 0.3 is 0 Å². The topological polar surface area (TPSA) is 79.9 Å². The molecule has 7 heteroatoms. The number of amides is 2. The van der Waals surface area contributed by atoms with E-state index in [4.69, 9.17) is 9.47 Å². The molecule has 0 radical (unpaired) electrons. The Morgan fingerprint density at radius 2 is 1.74 bits per heavy atom. The maximum atomic E-state index is 12.8. The number of carbonyl (C=O) groups excluding carboxylic acids is 2. The van der Waals surface area contributed by atoms with Crippen LogP contribution in [-0.4, -0.2) is 50.0 Å². The molecule has 1 heterocycles. The van der Waals surface area contributed by atoms with Gasteiger partial charge in [0.2, 0.25) is 5.91 Å². The lowest BCUT2D eigenvalue weighted by molar-refractivity contribution is -0.117. The molecule has 0 bridgehead atoms. The molecule has 3 rings (SSSR count). The molecule has 1 fully saturated rings. The normalized spacial score (nSPS) is 13.6. The highest BCUT2D eigenvalue weighted by Crippen LogP contribution is 2.29. The van der Waals surface area contributed by atoms with Crippen molar-refractivity contribution in [1.29, 1.82) is 0 Å². The number of ether oxygens (including phenoxy) is 2. The summed E-state index contributed by atoms with van der Waals surface area (Å²) in [5, 5.41) is 5.83. The van der Waals surface area contributed by atoms with E-state index in [1.165, 1.54) is 0 Å². The lowest BCUT2D eigenvalue weighted by atomic mass is 10.1. The van der Waals surface area contributed by atoms with Gasteiger partial charge in [0.05, 0.1) is 19.2 Å². The minimum absolute atomic E-state index is 0.0805. The number of likely N-dealkylation sites (tertiary alicyclic amines) is 1. The molecule has 2 amide bonds. The molecule has 0 unspecified atom stereocenters. The summed E-state index contributed by atoms with van der Waals surface area (Å²) in [5.41, 5.74) is 0.956. The number of carbonyl (C=O) groups is 2. The van der Waals surface area contributed by atoms with Gasteiger partial charge < -0.3 is 20.1 Å². The highest BCUT2D eigenvalue weighted by molar-refractivity contribution is 5.99. The van der Waals surface area contributed by atoms with Crippen molar-refractivity contribution in [1.82, 2.24) is 10.2 Å². The molecule has 1 aliphatic rings. The van der Waals surface area contributed by atoms with Gasteiger partial charge in [0.25, 0.3) is 5.91 Å². The van der Waals surface area contributed by atoms with Crippen LogP contribution in [0.1, 0.15) is 43.0 Å². The van der Waals surface area contributed by atoms with Crippen molar-refractivity contribution in [2.45, 2.75) is 32.6 Å². The molecule has 0 saturated carbocycles. The summed E-state index contributed by atoms with van der Waals surface area (Å²) in [6.07, 6.45) is 4.15. The minimum Gasteiger partial charge on any atom is -0.497 e. The smallest absolute Gasteiger partial charge is 0.255 e. The standard InChI is InChI=1S/C24H31N3O4/c1-3-4-13-25-24(29)21-16-18(26-23(28)17-27-14-5-6-15-27)7-12-22(21)31-20-10-8-19(30-2)9-11-20/h7-12,16H,3-6,13-15,17H2,1-2H3,(H,25,29)(H,26,28). The van der Waals surface area contributed by atoms with Crippen LogP contribution in [0, 0.1) is 0 Å². The third-order valence-corrected chi connectivity index (χ3v) is 5.18. The van der Waals surface area contributed by atoms with E-state index in [-0.39, 0.29) is 11.8 Å². The van der Waals surface area contributed by atoms with E-state index in [0.29, 0.717) is 35.8 Å². The highest BCUT2D eigenvalue weighted by atomic mass is 16.5. The number of benzene rings is 2. The van der Waals surface area contributed by atoms with Gasteiger partial charge in [-0.2, -0.15) is 0 Å². The summed E-state index contributed by atoms with van der Waals surface area (Å²) >= 11 is 0. The molecular weight excluding hydrogens is 394 g/mol. The van der Waals surface area contributed by atoms with E-state index in [1.807, 2.05) is 0 Å². The van der Waals surface area contributed by atoms with E-state index >= 15 is 0 Å². The molecule has 0 atom stereocenters. The first-order valence-electron chi connectivity index (χ1n) is 10.9. The molecule has 2 aromatic rings. The summed E-state index contributed by atoms with van der Waals surface area (Å²) in [6.45, 7) is 4.92. The van der Waals surface area contributed by atoms with E-state index in [1.54, 1.807) is 49.6 Å². The quantitative estimate of drug-likeness (QED) is 0.562. The maximum absolute atomic E-state index is 12.8. The first-order chi connectivity index (χ1) is 15.1. The van der Waals surface area contributed by atoms with Crippen LogP contribution in [0.5, 0.6) is 17.2 Å². The van der Waals surface area contributed by atoms with Crippen LogP contribution in [0.15, 0.2) is 42.5 Å². The van der Waals surface area contributed by atoms with Crippen molar-refractivity contribution in [3.8, 4) is 17.2 Å². The Balaban J connectivity index is 1.75. The Morgan fingerprint density at radius 3 is 2.42 bits per heavy atom. The van der Waals surface area contributed by atoms with Crippen LogP contribution in [0.25, 0.3) is 0 Å². The summed E-state index contributed by atoms with van der Waals surface area (Å²) in [5.74, 6) is 1.43. The zero-order valence-corrected chi connectivity index (χ0v) is 18.3. The van der Waals surface area contributed by atoms with Gasteiger partial charge in [0.15, 0.2) is 0 Å². The van der Waals surface area contributed by atoms with Crippen LogP contribution in [0.4, 0.5) is 5.69 Å². The largest absolute Gasteiger partial charge is 0.497 e. The lowest BCUT2D eigenvalue weighted by Crippen LogP contribution is -2.31. The van der Waals surface area contributed by atoms with E-state index in [0.717, 1.165) is 44.5 Å². The second kappa shape index (κ2) is 11.4. The molecule has 0 spiro atoms. The fourth-order valence-corrected chi connectivity index (χ4v) is 3.46. The Hall–Kier alpha value is -3.06. The fraction of sp³-hybridized carbons (Fsp3) is 0.417. The van der Waals surface area contributed by atoms with Crippen molar-refractivity contribution in [2.24, 2.45) is 0 Å². The number of methoxy groups -OCH3 is 1. The molecule has 2 aromatic carbocycles. The second-order valence-electron chi connectivity index (χ2n) is 7.63. The number of anilines is 1. The monoisotopic (exact) mass is 425 g/mol. The number of hydrogen-bond donors (Lipinski definition) is 2. The first-order valence-corrected chi connectivity index (χ1v) is 10.9. The minimum atomic E-state index is -0.229. The number of unbranched alkanes of at least 4 members (excludes halogenated alkanes) is 1. The number of nitrogens with one attached hydrogen (secondary N) is 2. The summed E-state index contributed by atoms with van der Waals surface area (Å²) < 4.78 is 11.1. The van der Waals surface area contributed by atoms with E-state index in [9.17, 15) is 9.59 Å². The van der Waals surface area contributed by atoms with Gasteiger partial charge in [-0.3, -0.25) is 14.5 Å². The molecule has 0 aromatic heterocycles. The van der Waals surface area contributed by atoms with Crippen molar-refractivity contribution in [3.05, 3.63) is 48.0 Å². The van der Waals surface area contributed by atoms with Crippen molar-refractivity contribution >= 4 is 17.5 Å². The Morgan fingerprint density at radius 1 is 1.03 bits per heavy atom. The number of rotatable bonds is 10. The second-order valence-corrected chi connectivity index (χ2v) is 7.63. The predicted molar refractivity (Wildman–Crippen MR) is 121 cm³/mol. The molecule has 31 heavy (non-hydrogen) atoms. The van der Waals surface area contributed by atoms with Crippen molar-refractivity contribution in [3.63, 3.8) is 0 Å². The molecule has 1 saturated heterocycles. The molecule has 0 aliphatic carbocycles. The van der Waals surface area contributed by atoms with Gasteiger partial charge in [-0.1, -0.05) is 13.3 Å². The van der Waals surface area contributed by atoms with Gasteiger partial charge in [-0.05, 0) is 74.8 Å². The van der Waals surface area contributed by atoms with Crippen molar-refractivity contribution < 1.29 is 19.1 Å². The van der Waals surface area contributed by atoms with Crippen LogP contribution in [-0.2, 0) is 4.79 Å². The number of hydrogen-bond acceptors (Lipinski definition) is 5. The predicted octanol–water partition coefficient (Wildman–Crippen LogP) is 4.05. The third kappa shape index (κ3) is 6.72. The molecule has 2 N–H and O–H groups in total. The van der Waals surface area contributed by atoms with Crippen LogP contribution in [0.2, 0.25) is 0 Å². The molecule has 166 valence electrons. The maximum Gasteiger partial charge on any atom is 0.255 e. The van der Waals surface area contributed by atoms with Crippen LogP contribution >= 0.6 is 0 Å². The molecule has 1 aliphatic heterocycles. The Labute approximate surface area is 183 Å². The van der Waals surface area contributed by atoms with Gasteiger partial charge in [0, 0.05) is 12.2 Å². The summed E-state index contributed by atoms with van der Waals surface area (Å²) in [7, 11) is 1.60. The van der Waals surface area contributed by atoms with Gasteiger partial charge in [-0.25, -0.2) is 0 Å². The van der Waals surface area contributed by atoms with Gasteiger partial charge in [-0.15, -0.1) is 0 Å². The fourth-order valence-electron chi connectivity index (χ4n) is 3.46. The van der Waals surface area contributed by atoms with Crippen molar-refractivity contribution in [2.75, 3.05) is 38.6 Å². The van der Waals surface area contributed by atoms with Crippen LogP contribution in [0.3, 0.4) is 0 Å². The Kier molecular flexibility index (Phi) is 8.29. The highest BCUT2D eigenvalue weighted by Gasteiger charge is 2.18. The summed E-state index contributed by atoms with van der Waals surface area (Å²) in [4.78, 5) is 27.3. The zero-order valence-electron chi connectivity index (χ0n) is 18.3. The molecule has 7 nitrogen and oxygen atoms in total. The van der Waals surface area contributed by atoms with Crippen LogP contribution < -0.4 is 20.1 Å². The average Bonchev–Trinajstić information content (AvgIpc) is 3.28. The molecular formula is C24H31N3O4. The SMILES string of the molecule is CCCCNC(=O)c1cc(NC(=O)CN2CCCC2)ccc1Oc1ccc(OC)cc1. The average molecular weight is 426 g/mol. The summed E-state index contributed by atoms with van der Waals surface area (Å²) in [6, 6.07) is 12.3. The third-order valence-electron chi connectivity index (χ3n) is 5.18. The van der Waals surface area contributed by atoms with E-state index in [2.05, 4.69) is 22.5 Å². The van der Waals surface area contributed by atoms with E-state index < -0.39 is 0 Å². The first kappa shape index (κ1) is 22.6.